The molecule has 5 heteroatoms. The molecule has 0 aliphatic carbocycles. The molecule has 0 saturated carbocycles. The minimum Gasteiger partial charge on any atom is -0.351 e. The van der Waals surface area contributed by atoms with Gasteiger partial charge < -0.3 is 14.8 Å². The average molecular weight is 467 g/mol. The van der Waals surface area contributed by atoms with E-state index in [-0.39, 0.29) is 12.1 Å². The van der Waals surface area contributed by atoms with E-state index in [1.165, 1.54) is 39.3 Å². The Labute approximate surface area is 207 Å². The molecule has 0 spiro atoms. The molecular weight excluding hydrogens is 436 g/mol. The molecule has 5 rings (SSSR count). The van der Waals surface area contributed by atoms with Gasteiger partial charge in [-0.3, -0.25) is 4.98 Å². The summed E-state index contributed by atoms with van der Waals surface area (Å²) >= 11 is 5.96. The summed E-state index contributed by atoms with van der Waals surface area (Å²) in [7, 11) is 0. The van der Waals surface area contributed by atoms with Crippen LogP contribution in [0.2, 0.25) is 0 Å². The Balaban J connectivity index is 1.75. The Bertz CT molecular complexity index is 1340. The van der Waals surface area contributed by atoms with Crippen molar-refractivity contribution in [1.29, 1.82) is 0 Å². The number of rotatable bonds is 4. The molecule has 2 aromatic carbocycles. The fraction of sp³-hybridized carbons (Fsp3) is 0.241. The van der Waals surface area contributed by atoms with Crippen LogP contribution in [0.3, 0.4) is 0 Å². The lowest BCUT2D eigenvalue weighted by Gasteiger charge is -2.29. The molecule has 2 atom stereocenters. The van der Waals surface area contributed by atoms with Crippen molar-refractivity contribution in [2.75, 3.05) is 4.90 Å². The van der Waals surface area contributed by atoms with Gasteiger partial charge in [-0.2, -0.15) is 0 Å². The largest absolute Gasteiger partial charge is 0.351 e. The third kappa shape index (κ3) is 3.70. The van der Waals surface area contributed by atoms with Crippen molar-refractivity contribution < 1.29 is 0 Å². The molecule has 0 bridgehead atoms. The highest BCUT2D eigenvalue weighted by Crippen LogP contribution is 2.45. The molecule has 0 radical (unpaired) electrons. The van der Waals surface area contributed by atoms with Gasteiger partial charge in [0.25, 0.3) is 0 Å². The zero-order valence-electron chi connectivity index (χ0n) is 20.3. The quantitative estimate of drug-likeness (QED) is 0.344. The smallest absolute Gasteiger partial charge is 0.174 e. The number of thiocarbonyl (C=S) groups is 1. The fourth-order valence-corrected chi connectivity index (χ4v) is 5.77. The van der Waals surface area contributed by atoms with E-state index in [0.29, 0.717) is 0 Å². The topological polar surface area (TPSA) is 33.1 Å². The predicted molar refractivity (Wildman–Crippen MR) is 144 cm³/mol. The van der Waals surface area contributed by atoms with Gasteiger partial charge in [0.15, 0.2) is 5.11 Å². The summed E-state index contributed by atoms with van der Waals surface area (Å²) < 4.78 is 2.36. The summed E-state index contributed by atoms with van der Waals surface area (Å²) in [5.41, 5.74) is 10.8. The third-order valence-electron chi connectivity index (χ3n) is 6.90. The lowest BCUT2D eigenvalue weighted by Crippen LogP contribution is -2.30. The predicted octanol–water partition coefficient (Wildman–Crippen LogP) is 6.59. The maximum absolute atomic E-state index is 5.96. The Morgan fingerprint density at radius 2 is 1.47 bits per heavy atom. The molecule has 34 heavy (non-hydrogen) atoms. The molecule has 1 aliphatic heterocycles. The van der Waals surface area contributed by atoms with Crippen molar-refractivity contribution in [2.45, 2.75) is 46.7 Å². The molecule has 3 heterocycles. The van der Waals surface area contributed by atoms with E-state index in [0.717, 1.165) is 16.5 Å². The van der Waals surface area contributed by atoms with Gasteiger partial charge in [0.1, 0.15) is 0 Å². The Kier molecular flexibility index (Phi) is 5.74. The van der Waals surface area contributed by atoms with Crippen molar-refractivity contribution in [3.05, 3.63) is 112 Å². The number of hydrogen-bond acceptors (Lipinski definition) is 2. The van der Waals surface area contributed by atoms with Crippen molar-refractivity contribution in [1.82, 2.24) is 14.9 Å². The lowest BCUT2D eigenvalue weighted by atomic mass is 9.93. The van der Waals surface area contributed by atoms with Crippen LogP contribution in [-0.2, 0) is 0 Å². The van der Waals surface area contributed by atoms with Crippen molar-refractivity contribution in [3.63, 3.8) is 0 Å². The number of nitrogens with zero attached hydrogens (tertiary/aromatic N) is 3. The third-order valence-corrected chi connectivity index (χ3v) is 7.21. The number of anilines is 1. The fourth-order valence-electron chi connectivity index (χ4n) is 5.42. The number of hydrogen-bond donors (Lipinski definition) is 1. The van der Waals surface area contributed by atoms with Crippen LogP contribution in [0.25, 0.3) is 5.69 Å². The normalized spacial score (nSPS) is 17.8. The van der Waals surface area contributed by atoms with E-state index < -0.39 is 0 Å². The highest BCUT2D eigenvalue weighted by molar-refractivity contribution is 7.80. The standard InChI is InChI=1S/C29H30N4S/c1-18-15-19(2)17-24(16-18)33-28(27(31-29(33)34)25-13-9-10-14-30-25)26-20(3)21(4)32(22(26)5)23-11-7-6-8-12-23/h6-17,27-28H,1-5H3,(H,31,34). The second-order valence-electron chi connectivity index (χ2n) is 9.22. The summed E-state index contributed by atoms with van der Waals surface area (Å²) in [5.74, 6) is 0. The zero-order chi connectivity index (χ0) is 24.0. The number of pyridine rings is 1. The van der Waals surface area contributed by atoms with Crippen LogP contribution in [-0.4, -0.2) is 14.7 Å². The van der Waals surface area contributed by atoms with Crippen LogP contribution >= 0.6 is 12.2 Å². The van der Waals surface area contributed by atoms with Crippen molar-refractivity contribution in [3.8, 4) is 5.69 Å². The highest BCUT2D eigenvalue weighted by Gasteiger charge is 2.43. The molecule has 1 aliphatic rings. The molecule has 4 aromatic rings. The van der Waals surface area contributed by atoms with Crippen LogP contribution in [0, 0.1) is 34.6 Å². The minimum atomic E-state index is -0.0575. The molecule has 1 fully saturated rings. The first-order valence-corrected chi connectivity index (χ1v) is 12.1. The molecule has 1 N–H and O–H groups in total. The van der Waals surface area contributed by atoms with E-state index in [2.05, 4.69) is 104 Å². The molecule has 4 nitrogen and oxygen atoms in total. The first-order chi connectivity index (χ1) is 16.4. The first kappa shape index (κ1) is 22.4. The van der Waals surface area contributed by atoms with Crippen molar-refractivity contribution in [2.24, 2.45) is 0 Å². The van der Waals surface area contributed by atoms with Gasteiger partial charge in [-0.25, -0.2) is 0 Å². The highest BCUT2D eigenvalue weighted by atomic mass is 32.1. The lowest BCUT2D eigenvalue weighted by molar-refractivity contribution is 0.563. The molecular formula is C29H30N4S. The van der Waals surface area contributed by atoms with Gasteiger partial charge in [0, 0.05) is 34.5 Å². The number of para-hydroxylation sites is 1. The van der Waals surface area contributed by atoms with E-state index in [1.54, 1.807) is 0 Å². The van der Waals surface area contributed by atoms with Crippen molar-refractivity contribution >= 4 is 23.0 Å². The Morgan fingerprint density at radius 1 is 0.794 bits per heavy atom. The number of aryl methyl sites for hydroxylation is 2. The maximum atomic E-state index is 5.96. The van der Waals surface area contributed by atoms with E-state index >= 15 is 0 Å². The summed E-state index contributed by atoms with van der Waals surface area (Å²) in [4.78, 5) is 7.02. The van der Waals surface area contributed by atoms with Gasteiger partial charge in [-0.05, 0) is 99.9 Å². The van der Waals surface area contributed by atoms with Crippen LogP contribution in [0.5, 0.6) is 0 Å². The van der Waals surface area contributed by atoms with Crippen LogP contribution in [0.4, 0.5) is 5.69 Å². The van der Waals surface area contributed by atoms with Crippen LogP contribution < -0.4 is 10.2 Å². The SMILES string of the molecule is Cc1cc(C)cc(N2C(=S)NC(c3ccccn3)C2c2c(C)c(C)n(-c3ccccc3)c2C)c1. The number of nitrogens with one attached hydrogen (secondary N) is 1. The summed E-state index contributed by atoms with van der Waals surface area (Å²) in [6, 6.07) is 23.2. The minimum absolute atomic E-state index is 0.0211. The average Bonchev–Trinajstić information content (AvgIpc) is 3.26. The Morgan fingerprint density at radius 3 is 2.12 bits per heavy atom. The van der Waals surface area contributed by atoms with E-state index in [4.69, 9.17) is 17.2 Å². The summed E-state index contributed by atoms with van der Waals surface area (Å²) in [6.07, 6.45) is 1.86. The Hall–Kier alpha value is -3.44. The molecule has 1 saturated heterocycles. The second kappa shape index (κ2) is 8.73. The zero-order valence-corrected chi connectivity index (χ0v) is 21.1. The van der Waals surface area contributed by atoms with Gasteiger partial charge >= 0.3 is 0 Å². The van der Waals surface area contributed by atoms with Gasteiger partial charge in [0.05, 0.1) is 17.8 Å². The second-order valence-corrected chi connectivity index (χ2v) is 9.61. The summed E-state index contributed by atoms with van der Waals surface area (Å²) in [5, 5.41) is 4.35. The molecule has 0 amide bonds. The molecule has 172 valence electrons. The van der Waals surface area contributed by atoms with Gasteiger partial charge in [-0.1, -0.05) is 30.3 Å². The maximum Gasteiger partial charge on any atom is 0.174 e. The number of aromatic nitrogens is 2. The number of benzene rings is 2. The van der Waals surface area contributed by atoms with Crippen LogP contribution in [0.15, 0.2) is 72.9 Å². The monoisotopic (exact) mass is 466 g/mol. The molecule has 2 aromatic heterocycles. The molecule has 2 unspecified atom stereocenters. The van der Waals surface area contributed by atoms with Crippen LogP contribution in [0.1, 0.15) is 51.4 Å². The summed E-state index contributed by atoms with van der Waals surface area (Å²) in [6.45, 7) is 10.9. The van der Waals surface area contributed by atoms with E-state index in [1.807, 2.05) is 18.3 Å². The first-order valence-electron chi connectivity index (χ1n) is 11.7. The van der Waals surface area contributed by atoms with E-state index in [9.17, 15) is 0 Å². The van der Waals surface area contributed by atoms with Gasteiger partial charge in [-0.15, -0.1) is 0 Å². The van der Waals surface area contributed by atoms with Gasteiger partial charge in [0.2, 0.25) is 0 Å².